The number of aromatic nitrogens is 1. The molecule has 2 aliphatic heterocycles. The molecular weight excluding hydrogens is 276 g/mol. The van der Waals surface area contributed by atoms with E-state index in [0.29, 0.717) is 0 Å². The number of hydrogen-bond acceptors (Lipinski definition) is 4. The number of aliphatic hydroxyl groups excluding tert-OH is 1. The second-order valence-corrected chi connectivity index (χ2v) is 6.41. The van der Waals surface area contributed by atoms with E-state index in [4.69, 9.17) is 4.74 Å². The van der Waals surface area contributed by atoms with Crippen molar-refractivity contribution in [3.05, 3.63) is 36.5 Å². The van der Waals surface area contributed by atoms with Crippen LogP contribution in [0.15, 0.2) is 36.5 Å². The molecule has 1 aromatic heterocycles. The molecule has 2 saturated heterocycles. The summed E-state index contributed by atoms with van der Waals surface area (Å²) in [6, 6.07) is 10.4. The van der Waals surface area contributed by atoms with E-state index in [2.05, 4.69) is 40.2 Å². The highest BCUT2D eigenvalue weighted by Gasteiger charge is 2.43. The first-order valence-electron chi connectivity index (χ1n) is 8.19. The predicted octanol–water partition coefficient (Wildman–Crippen LogP) is 2.75. The Balaban J connectivity index is 1.58. The standard InChI is InChI=1S/C18H22N2O2/c21-16-6-3-13-22-18(16)8-11-20(12-9-18)17-15-5-2-1-4-14(15)7-10-19-17/h1-2,4-5,7,10,16,21H,3,6,8-9,11-13H2/t16-/m0/s1. The van der Waals surface area contributed by atoms with Gasteiger partial charge in [0.25, 0.3) is 0 Å². The molecule has 2 aromatic rings. The molecule has 22 heavy (non-hydrogen) atoms. The lowest BCUT2D eigenvalue weighted by Crippen LogP contribution is -2.55. The maximum atomic E-state index is 10.4. The minimum absolute atomic E-state index is 0.316. The van der Waals surface area contributed by atoms with Gasteiger partial charge in [-0.05, 0) is 37.1 Å². The summed E-state index contributed by atoms with van der Waals surface area (Å²) in [6.45, 7) is 2.56. The van der Waals surface area contributed by atoms with Gasteiger partial charge in [0.05, 0.1) is 11.7 Å². The number of anilines is 1. The summed E-state index contributed by atoms with van der Waals surface area (Å²) < 4.78 is 5.99. The highest BCUT2D eigenvalue weighted by Crippen LogP contribution is 2.37. The van der Waals surface area contributed by atoms with Crippen molar-refractivity contribution in [3.63, 3.8) is 0 Å². The lowest BCUT2D eigenvalue weighted by molar-refractivity contribution is -0.164. The highest BCUT2D eigenvalue weighted by atomic mass is 16.5. The molecule has 3 heterocycles. The Kier molecular flexibility index (Phi) is 3.51. The fourth-order valence-corrected chi connectivity index (χ4v) is 3.84. The van der Waals surface area contributed by atoms with Crippen LogP contribution in [0.1, 0.15) is 25.7 Å². The van der Waals surface area contributed by atoms with E-state index in [-0.39, 0.29) is 11.7 Å². The molecule has 0 bridgehead atoms. The minimum Gasteiger partial charge on any atom is -0.390 e. The maximum absolute atomic E-state index is 10.4. The van der Waals surface area contributed by atoms with Crippen molar-refractivity contribution in [1.29, 1.82) is 0 Å². The number of hydrogen-bond donors (Lipinski definition) is 1. The number of benzene rings is 1. The van der Waals surface area contributed by atoms with Crippen LogP contribution in [0.3, 0.4) is 0 Å². The van der Waals surface area contributed by atoms with Gasteiger partial charge in [0.2, 0.25) is 0 Å². The Labute approximate surface area is 130 Å². The van der Waals surface area contributed by atoms with Gasteiger partial charge in [-0.3, -0.25) is 0 Å². The summed E-state index contributed by atoms with van der Waals surface area (Å²) in [5.74, 6) is 1.05. The van der Waals surface area contributed by atoms with Crippen LogP contribution in [0.25, 0.3) is 10.8 Å². The van der Waals surface area contributed by atoms with Crippen LogP contribution >= 0.6 is 0 Å². The lowest BCUT2D eigenvalue weighted by atomic mass is 9.82. The average Bonchev–Trinajstić information content (AvgIpc) is 2.58. The van der Waals surface area contributed by atoms with Gasteiger partial charge in [-0.15, -0.1) is 0 Å². The van der Waals surface area contributed by atoms with Gasteiger partial charge in [-0.25, -0.2) is 4.98 Å². The summed E-state index contributed by atoms with van der Waals surface area (Å²) >= 11 is 0. The molecule has 4 heteroatoms. The van der Waals surface area contributed by atoms with Gasteiger partial charge in [0.15, 0.2) is 0 Å². The Morgan fingerprint density at radius 2 is 2.00 bits per heavy atom. The van der Waals surface area contributed by atoms with Gasteiger partial charge in [0, 0.05) is 31.3 Å². The molecule has 2 aliphatic rings. The normalized spacial score (nSPS) is 24.8. The van der Waals surface area contributed by atoms with E-state index in [1.54, 1.807) is 0 Å². The highest BCUT2D eigenvalue weighted by molar-refractivity contribution is 5.92. The first-order valence-corrected chi connectivity index (χ1v) is 8.19. The SMILES string of the molecule is O[C@H]1CCCOC12CCN(c1nccc3ccccc13)CC2. The monoisotopic (exact) mass is 298 g/mol. The van der Waals surface area contributed by atoms with Crippen molar-refractivity contribution in [1.82, 2.24) is 4.98 Å². The molecule has 1 atom stereocenters. The second-order valence-electron chi connectivity index (χ2n) is 6.41. The van der Waals surface area contributed by atoms with Crippen molar-refractivity contribution in [2.45, 2.75) is 37.4 Å². The van der Waals surface area contributed by atoms with Gasteiger partial charge in [-0.1, -0.05) is 24.3 Å². The Bertz CT molecular complexity index is 660. The lowest BCUT2D eigenvalue weighted by Gasteiger charge is -2.47. The van der Waals surface area contributed by atoms with Crippen LogP contribution < -0.4 is 4.90 Å². The van der Waals surface area contributed by atoms with Crippen molar-refractivity contribution in [3.8, 4) is 0 Å². The minimum atomic E-state index is -0.320. The molecule has 0 saturated carbocycles. The molecular formula is C18H22N2O2. The second kappa shape index (κ2) is 5.52. The summed E-state index contributed by atoms with van der Waals surface area (Å²) in [7, 11) is 0. The van der Waals surface area contributed by atoms with Crippen LogP contribution in [-0.4, -0.2) is 41.5 Å². The molecule has 4 rings (SSSR count). The van der Waals surface area contributed by atoms with Gasteiger partial charge >= 0.3 is 0 Å². The number of aliphatic hydroxyl groups is 1. The van der Waals surface area contributed by atoms with E-state index < -0.39 is 0 Å². The number of nitrogens with zero attached hydrogens (tertiary/aromatic N) is 2. The summed E-state index contributed by atoms with van der Waals surface area (Å²) in [6.07, 6.45) is 5.15. The zero-order valence-corrected chi connectivity index (χ0v) is 12.7. The van der Waals surface area contributed by atoms with Crippen molar-refractivity contribution < 1.29 is 9.84 Å². The van der Waals surface area contributed by atoms with E-state index in [1.807, 2.05) is 6.20 Å². The summed E-state index contributed by atoms with van der Waals surface area (Å²) in [4.78, 5) is 6.94. The van der Waals surface area contributed by atoms with Crippen LogP contribution in [-0.2, 0) is 4.74 Å². The third kappa shape index (κ3) is 2.27. The van der Waals surface area contributed by atoms with E-state index in [1.165, 1.54) is 10.8 Å². The Morgan fingerprint density at radius 1 is 1.18 bits per heavy atom. The number of ether oxygens (including phenoxy) is 1. The first-order chi connectivity index (χ1) is 10.8. The topological polar surface area (TPSA) is 45.6 Å². The number of piperidine rings is 1. The molecule has 0 amide bonds. The third-order valence-electron chi connectivity index (χ3n) is 5.18. The van der Waals surface area contributed by atoms with E-state index >= 15 is 0 Å². The largest absolute Gasteiger partial charge is 0.390 e. The number of rotatable bonds is 1. The molecule has 1 spiro atoms. The Morgan fingerprint density at radius 3 is 2.82 bits per heavy atom. The summed E-state index contributed by atoms with van der Waals surface area (Å²) in [5.41, 5.74) is -0.320. The third-order valence-corrected chi connectivity index (χ3v) is 5.18. The van der Waals surface area contributed by atoms with Crippen LogP contribution in [0.5, 0.6) is 0 Å². The van der Waals surface area contributed by atoms with Gasteiger partial charge < -0.3 is 14.7 Å². The molecule has 2 fully saturated rings. The number of pyridine rings is 1. The number of fused-ring (bicyclic) bond motifs is 1. The zero-order valence-electron chi connectivity index (χ0n) is 12.7. The molecule has 4 nitrogen and oxygen atoms in total. The molecule has 1 aromatic carbocycles. The van der Waals surface area contributed by atoms with Crippen molar-refractivity contribution in [2.24, 2.45) is 0 Å². The summed E-state index contributed by atoms with van der Waals surface area (Å²) in [5, 5.41) is 12.8. The van der Waals surface area contributed by atoms with E-state index in [0.717, 1.165) is 51.2 Å². The van der Waals surface area contributed by atoms with Crippen molar-refractivity contribution in [2.75, 3.05) is 24.6 Å². The van der Waals surface area contributed by atoms with Crippen molar-refractivity contribution >= 4 is 16.6 Å². The van der Waals surface area contributed by atoms with E-state index in [9.17, 15) is 5.11 Å². The van der Waals surface area contributed by atoms with Gasteiger partial charge in [0.1, 0.15) is 5.82 Å². The molecule has 0 aliphatic carbocycles. The van der Waals surface area contributed by atoms with Crippen LogP contribution in [0, 0.1) is 0 Å². The smallest absolute Gasteiger partial charge is 0.136 e. The van der Waals surface area contributed by atoms with Crippen LogP contribution in [0.2, 0.25) is 0 Å². The molecule has 116 valence electrons. The average molecular weight is 298 g/mol. The fourth-order valence-electron chi connectivity index (χ4n) is 3.84. The fraction of sp³-hybridized carbons (Fsp3) is 0.500. The maximum Gasteiger partial charge on any atom is 0.136 e. The van der Waals surface area contributed by atoms with Crippen LogP contribution in [0.4, 0.5) is 5.82 Å². The van der Waals surface area contributed by atoms with Gasteiger partial charge in [-0.2, -0.15) is 0 Å². The zero-order chi connectivity index (χ0) is 15.0. The predicted molar refractivity (Wildman–Crippen MR) is 87.1 cm³/mol. The first kappa shape index (κ1) is 14.0. The molecule has 0 radical (unpaired) electrons. The molecule has 0 unspecified atom stereocenters. The quantitative estimate of drug-likeness (QED) is 0.879. The Hall–Kier alpha value is -1.65. The molecule has 1 N–H and O–H groups in total.